The predicted molar refractivity (Wildman–Crippen MR) is 88.9 cm³/mol. The van der Waals surface area contributed by atoms with Gasteiger partial charge in [0.05, 0.1) is 5.52 Å². The van der Waals surface area contributed by atoms with E-state index in [1.807, 2.05) is 0 Å². The summed E-state index contributed by atoms with van der Waals surface area (Å²) in [5, 5.41) is 3.23. The number of hydrogen-bond acceptors (Lipinski definition) is 3. The molecule has 5 nitrogen and oxygen atoms in total. The van der Waals surface area contributed by atoms with Crippen molar-refractivity contribution < 1.29 is 8.78 Å². The van der Waals surface area contributed by atoms with Crippen LogP contribution in [0.2, 0.25) is 0 Å². The van der Waals surface area contributed by atoms with Crippen molar-refractivity contribution in [1.29, 1.82) is 0 Å². The number of aromatic amines is 1. The van der Waals surface area contributed by atoms with Gasteiger partial charge in [-0.1, -0.05) is 6.92 Å². The highest BCUT2D eigenvalue weighted by molar-refractivity contribution is 5.78. The van der Waals surface area contributed by atoms with Gasteiger partial charge in [0.25, 0.3) is 0 Å². The molecule has 24 heavy (non-hydrogen) atoms. The average Bonchev–Trinajstić information content (AvgIpc) is 2.85. The standard InChI is InChI=1S/C17H18F2N4O/c1-2-3-20-4-5-23-15-8-12(10-21-16(15)22-17(23)24)11-6-13(18)9-14(19)7-11/h6-10,20H,2-5H2,1H3,(H,21,22,24). The number of benzene rings is 1. The maximum absolute atomic E-state index is 13.4. The Bertz CT molecular complexity index is 896. The zero-order chi connectivity index (χ0) is 17.1. The normalized spacial score (nSPS) is 11.3. The smallest absolute Gasteiger partial charge is 0.315 e. The molecule has 0 spiro atoms. The first-order valence-electron chi connectivity index (χ1n) is 7.84. The highest BCUT2D eigenvalue weighted by Gasteiger charge is 2.10. The van der Waals surface area contributed by atoms with E-state index < -0.39 is 11.6 Å². The van der Waals surface area contributed by atoms with Gasteiger partial charge < -0.3 is 5.32 Å². The molecule has 3 rings (SSSR count). The van der Waals surface area contributed by atoms with Crippen molar-refractivity contribution in [2.45, 2.75) is 19.9 Å². The molecule has 0 aliphatic carbocycles. The van der Waals surface area contributed by atoms with Gasteiger partial charge in [-0.2, -0.15) is 0 Å². The molecule has 3 aromatic rings. The number of fused-ring (bicyclic) bond motifs is 1. The SMILES string of the molecule is CCCNCCn1c(=O)[nH]c2ncc(-c3cc(F)cc(F)c3)cc21. The van der Waals surface area contributed by atoms with Gasteiger partial charge in [0.15, 0.2) is 5.65 Å². The summed E-state index contributed by atoms with van der Waals surface area (Å²) >= 11 is 0. The molecule has 0 atom stereocenters. The average molecular weight is 332 g/mol. The van der Waals surface area contributed by atoms with Crippen molar-refractivity contribution in [3.63, 3.8) is 0 Å². The van der Waals surface area contributed by atoms with Gasteiger partial charge in [-0.25, -0.2) is 18.6 Å². The number of pyridine rings is 1. The van der Waals surface area contributed by atoms with E-state index in [2.05, 4.69) is 22.2 Å². The van der Waals surface area contributed by atoms with Crippen LogP contribution in [0.25, 0.3) is 22.3 Å². The maximum atomic E-state index is 13.4. The zero-order valence-corrected chi connectivity index (χ0v) is 13.3. The van der Waals surface area contributed by atoms with Crippen LogP contribution in [0.3, 0.4) is 0 Å². The van der Waals surface area contributed by atoms with Crippen LogP contribution < -0.4 is 11.0 Å². The fourth-order valence-corrected chi connectivity index (χ4v) is 2.63. The van der Waals surface area contributed by atoms with Crippen LogP contribution >= 0.6 is 0 Å². The molecular weight excluding hydrogens is 314 g/mol. The van der Waals surface area contributed by atoms with Gasteiger partial charge >= 0.3 is 5.69 Å². The van der Waals surface area contributed by atoms with Crippen molar-refractivity contribution in [1.82, 2.24) is 19.9 Å². The number of aromatic nitrogens is 3. The van der Waals surface area contributed by atoms with E-state index in [0.717, 1.165) is 19.0 Å². The lowest BCUT2D eigenvalue weighted by atomic mass is 10.1. The van der Waals surface area contributed by atoms with Crippen LogP contribution in [-0.4, -0.2) is 27.6 Å². The molecule has 0 aliphatic heterocycles. The van der Waals surface area contributed by atoms with E-state index in [9.17, 15) is 13.6 Å². The Morgan fingerprint density at radius 2 is 1.88 bits per heavy atom. The molecule has 2 N–H and O–H groups in total. The summed E-state index contributed by atoms with van der Waals surface area (Å²) in [6, 6.07) is 5.02. The lowest BCUT2D eigenvalue weighted by Gasteiger charge is -2.06. The molecule has 2 aromatic heterocycles. The number of nitrogens with one attached hydrogen (secondary N) is 2. The minimum atomic E-state index is -0.652. The summed E-state index contributed by atoms with van der Waals surface area (Å²) in [4.78, 5) is 19.0. The summed E-state index contributed by atoms with van der Waals surface area (Å²) in [6.07, 6.45) is 2.51. The first kappa shape index (κ1) is 16.3. The van der Waals surface area contributed by atoms with Gasteiger partial charge in [-0.05, 0) is 36.7 Å². The van der Waals surface area contributed by atoms with Crippen molar-refractivity contribution in [3.05, 3.63) is 52.6 Å². The summed E-state index contributed by atoms with van der Waals surface area (Å²) in [7, 11) is 0. The molecule has 0 saturated carbocycles. The number of rotatable bonds is 6. The number of H-pyrrole nitrogens is 1. The van der Waals surface area contributed by atoms with E-state index in [1.165, 1.54) is 18.3 Å². The van der Waals surface area contributed by atoms with Crippen LogP contribution in [0.4, 0.5) is 8.78 Å². The van der Waals surface area contributed by atoms with E-state index in [1.54, 1.807) is 10.6 Å². The minimum absolute atomic E-state index is 0.252. The Morgan fingerprint density at radius 1 is 1.12 bits per heavy atom. The molecule has 0 amide bonds. The highest BCUT2D eigenvalue weighted by Crippen LogP contribution is 2.23. The number of nitrogens with zero attached hydrogens (tertiary/aromatic N) is 2. The molecule has 0 radical (unpaired) electrons. The molecule has 7 heteroatoms. The third kappa shape index (κ3) is 3.35. The van der Waals surface area contributed by atoms with Crippen LogP contribution in [0, 0.1) is 11.6 Å². The van der Waals surface area contributed by atoms with Gasteiger partial charge in [-0.3, -0.25) is 9.55 Å². The molecule has 1 aromatic carbocycles. The second-order valence-corrected chi connectivity index (χ2v) is 5.58. The summed E-state index contributed by atoms with van der Waals surface area (Å²) in [6.45, 7) is 4.09. The molecule has 0 saturated heterocycles. The van der Waals surface area contributed by atoms with Gasteiger partial charge in [0, 0.05) is 30.9 Å². The first-order valence-corrected chi connectivity index (χ1v) is 7.84. The molecule has 126 valence electrons. The summed E-state index contributed by atoms with van der Waals surface area (Å²) in [5.74, 6) is -1.30. The zero-order valence-electron chi connectivity index (χ0n) is 13.3. The topological polar surface area (TPSA) is 62.7 Å². The molecule has 0 bridgehead atoms. The minimum Gasteiger partial charge on any atom is -0.315 e. The van der Waals surface area contributed by atoms with E-state index in [4.69, 9.17) is 0 Å². The second-order valence-electron chi connectivity index (χ2n) is 5.58. The molecule has 0 aliphatic rings. The second kappa shape index (κ2) is 6.92. The van der Waals surface area contributed by atoms with E-state index in [0.29, 0.717) is 35.4 Å². The predicted octanol–water partition coefficient (Wildman–Crippen LogP) is 2.67. The third-order valence-corrected chi connectivity index (χ3v) is 3.76. The van der Waals surface area contributed by atoms with Crippen molar-refractivity contribution in [2.24, 2.45) is 0 Å². The fraction of sp³-hybridized carbons (Fsp3) is 0.294. The van der Waals surface area contributed by atoms with Crippen molar-refractivity contribution in [2.75, 3.05) is 13.1 Å². The van der Waals surface area contributed by atoms with E-state index >= 15 is 0 Å². The number of halogens is 2. The Kier molecular flexibility index (Phi) is 4.71. The number of hydrogen-bond donors (Lipinski definition) is 2. The van der Waals surface area contributed by atoms with Crippen molar-refractivity contribution >= 4 is 11.2 Å². The van der Waals surface area contributed by atoms with Gasteiger partial charge in [-0.15, -0.1) is 0 Å². The first-order chi connectivity index (χ1) is 11.6. The quantitative estimate of drug-likeness (QED) is 0.682. The summed E-state index contributed by atoms with van der Waals surface area (Å²) < 4.78 is 28.4. The van der Waals surface area contributed by atoms with Crippen molar-refractivity contribution in [3.8, 4) is 11.1 Å². The lowest BCUT2D eigenvalue weighted by Crippen LogP contribution is -2.25. The van der Waals surface area contributed by atoms with Gasteiger partial charge in [0.1, 0.15) is 11.6 Å². The van der Waals surface area contributed by atoms with E-state index in [-0.39, 0.29) is 5.69 Å². The summed E-state index contributed by atoms with van der Waals surface area (Å²) in [5.41, 5.74) is 1.75. The molecule has 2 heterocycles. The largest absolute Gasteiger partial charge is 0.327 e. The Hall–Kier alpha value is -2.54. The Labute approximate surface area is 137 Å². The molecule has 0 unspecified atom stereocenters. The van der Waals surface area contributed by atoms with Crippen LogP contribution in [0.1, 0.15) is 13.3 Å². The van der Waals surface area contributed by atoms with Crippen LogP contribution in [-0.2, 0) is 6.54 Å². The Morgan fingerprint density at radius 3 is 2.58 bits per heavy atom. The monoisotopic (exact) mass is 332 g/mol. The lowest BCUT2D eigenvalue weighted by molar-refractivity contribution is 0.584. The van der Waals surface area contributed by atoms with Gasteiger partial charge in [0.2, 0.25) is 0 Å². The van der Waals surface area contributed by atoms with Crippen LogP contribution in [0.5, 0.6) is 0 Å². The Balaban J connectivity index is 1.98. The van der Waals surface area contributed by atoms with Crippen LogP contribution in [0.15, 0.2) is 35.3 Å². The number of imidazole rings is 1. The fourth-order valence-electron chi connectivity index (χ4n) is 2.63. The third-order valence-electron chi connectivity index (χ3n) is 3.76. The molecular formula is C17H18F2N4O. The molecule has 0 fully saturated rings. The highest BCUT2D eigenvalue weighted by atomic mass is 19.1. The maximum Gasteiger partial charge on any atom is 0.327 e.